The van der Waals surface area contributed by atoms with E-state index in [1.165, 1.54) is 46.1 Å². The lowest BCUT2D eigenvalue weighted by atomic mass is 10.3. The first-order chi connectivity index (χ1) is 51.9. The first-order valence-corrected chi connectivity index (χ1v) is 38.3. The summed E-state index contributed by atoms with van der Waals surface area (Å²) in [7, 11) is 3.81. The van der Waals surface area contributed by atoms with Crippen molar-refractivity contribution in [3.8, 4) is 0 Å². The Bertz CT molecular complexity index is 2830. The maximum absolute atomic E-state index is 4.60. The van der Waals surface area contributed by atoms with E-state index in [0.717, 1.165) is 45.1 Å². The number of aryl methyl sites for hydroxylation is 15. The zero-order valence-electron chi connectivity index (χ0n) is 72.8. The third-order valence-corrected chi connectivity index (χ3v) is 10.00. The Morgan fingerprint density at radius 2 is 0.991 bits per heavy atom. The van der Waals surface area contributed by atoms with Crippen LogP contribution in [0.1, 0.15) is 226 Å². The number of hydrogen-bond donors (Lipinski definition) is 2. The molecule has 602 valence electrons. The molecule has 13 rings (SSSR count). The van der Waals surface area contributed by atoms with Crippen LogP contribution < -0.4 is 0 Å². The van der Waals surface area contributed by atoms with E-state index < -0.39 is 0 Å². The minimum absolute atomic E-state index is 0.623. The van der Waals surface area contributed by atoms with Crippen LogP contribution in [0.4, 0.5) is 0 Å². The Hall–Kier alpha value is -10.2. The van der Waals surface area contributed by atoms with E-state index in [1.54, 1.807) is 118 Å². The van der Waals surface area contributed by atoms with Crippen molar-refractivity contribution in [2.45, 2.75) is 242 Å². The normalized spacial score (nSPS) is 7.67. The highest BCUT2D eigenvalue weighted by molar-refractivity contribution is 7.05. The quantitative estimate of drug-likeness (QED) is 0.142. The van der Waals surface area contributed by atoms with Gasteiger partial charge in [-0.3, -0.25) is 20.1 Å². The van der Waals surface area contributed by atoms with Gasteiger partial charge in [0.15, 0.2) is 5.82 Å². The molecule has 2 N–H and O–H groups in total. The average molecular weight is 1520 g/mol. The predicted molar refractivity (Wildman–Crippen MR) is 455 cm³/mol. The smallest absolute Gasteiger partial charge is 0.223 e. The fourth-order valence-electron chi connectivity index (χ4n) is 4.56. The summed E-state index contributed by atoms with van der Waals surface area (Å²) in [5.74, 6) is 3.87. The van der Waals surface area contributed by atoms with E-state index in [0.29, 0.717) is 11.7 Å². The molecule has 0 spiro atoms. The van der Waals surface area contributed by atoms with Crippen molar-refractivity contribution in [2.75, 3.05) is 0 Å². The highest BCUT2D eigenvalue weighted by atomic mass is 32.1. The molecule has 27 heteroatoms. The summed E-state index contributed by atoms with van der Waals surface area (Å²) in [6.07, 6.45) is 32.8. The second kappa shape index (κ2) is 107. The number of aromatic nitrogens is 23. The standard InChI is InChI=1S/3C6H7N.2C5H6N2.C4H6N2O.C4H6N2S.2C4H6N2.C4H5NO.C4H5NS.2C3H5N3.11C2H6/c1-6-2-4-7-5-3-6;1-6-3-2-4-7-5-6;1-6-4-2-3-5-7-6;1-5-6-3-2-4-7-5;1-5-3-2-4-6-7-5;2*1-3-5-4(2)7-6-3;1-4-2-5-3-6-4;1-6-3-2-5-4-6;2*1-4-2-5-6-3-4;1-6-2-4-5-3-6;1-3-4-2-5-6-3;11*1-2/h3*2-5H,1H3;2*2-4H,1H3;2*1-2H3;2-3H,1H3,(H,5,6);2-4H,1H3;3*2-3H,1H3;2H,1H3,(H,4,5,6);11*1-2H3. The Morgan fingerprint density at radius 3 is 1.16 bits per heavy atom. The summed E-state index contributed by atoms with van der Waals surface area (Å²) >= 11 is 2.93. The summed E-state index contributed by atoms with van der Waals surface area (Å²) in [5.41, 5.74) is 7.92. The van der Waals surface area contributed by atoms with Gasteiger partial charge in [0.2, 0.25) is 5.89 Å². The molecule has 0 aliphatic heterocycles. The Kier molecular flexibility index (Phi) is 121. The maximum Gasteiger partial charge on any atom is 0.223 e. The van der Waals surface area contributed by atoms with Gasteiger partial charge in [-0.15, -0.1) is 10.2 Å². The van der Waals surface area contributed by atoms with Crippen molar-refractivity contribution in [1.29, 1.82) is 0 Å². The third kappa shape index (κ3) is 105. The first kappa shape index (κ1) is 121. The summed E-state index contributed by atoms with van der Waals surface area (Å²) in [4.78, 5) is 41.5. The van der Waals surface area contributed by atoms with Crippen molar-refractivity contribution in [1.82, 2.24) is 114 Å². The Balaban J connectivity index is -0.000000101. The van der Waals surface area contributed by atoms with Crippen LogP contribution in [0.15, 0.2) is 194 Å². The van der Waals surface area contributed by atoms with Crippen molar-refractivity contribution < 1.29 is 9.05 Å². The number of pyridine rings is 3. The topological polar surface area (TPSA) is 313 Å². The van der Waals surface area contributed by atoms with Gasteiger partial charge in [0.05, 0.1) is 24.5 Å². The summed E-state index contributed by atoms with van der Waals surface area (Å²) in [5, 5.41) is 30.7. The lowest BCUT2D eigenvalue weighted by Crippen LogP contribution is -1.80. The number of nitrogens with zero attached hydrogens (tertiary/aromatic N) is 21. The second-order valence-electron chi connectivity index (χ2n) is 17.0. The molecule has 0 fully saturated rings. The van der Waals surface area contributed by atoms with Gasteiger partial charge in [-0.05, 0) is 171 Å². The minimum Gasteiger partial charge on any atom is -0.365 e. The maximum atomic E-state index is 4.60. The Labute approximate surface area is 656 Å². The summed E-state index contributed by atoms with van der Waals surface area (Å²) in [6.45, 7) is 69.0. The van der Waals surface area contributed by atoms with Gasteiger partial charge < -0.3 is 23.2 Å². The van der Waals surface area contributed by atoms with Gasteiger partial charge in [0.1, 0.15) is 47.7 Å². The number of imidazole rings is 2. The van der Waals surface area contributed by atoms with E-state index in [4.69, 9.17) is 0 Å². The number of H-pyrrole nitrogens is 2. The monoisotopic (exact) mass is 1520 g/mol. The molecule has 0 amide bonds. The van der Waals surface area contributed by atoms with Crippen molar-refractivity contribution >= 4 is 23.1 Å². The van der Waals surface area contributed by atoms with Crippen LogP contribution in [0.3, 0.4) is 0 Å². The molecule has 0 aliphatic carbocycles. The number of aromatic amines is 2. The molecule has 0 saturated carbocycles. The molecule has 25 nitrogen and oxygen atoms in total. The third-order valence-electron chi connectivity index (χ3n) is 8.58. The van der Waals surface area contributed by atoms with E-state index in [9.17, 15) is 0 Å². The minimum atomic E-state index is 0.623. The van der Waals surface area contributed by atoms with Crippen LogP contribution >= 0.6 is 23.1 Å². The van der Waals surface area contributed by atoms with Gasteiger partial charge >= 0.3 is 0 Å². The molecule has 0 aliphatic rings. The summed E-state index contributed by atoms with van der Waals surface area (Å²) < 4.78 is 20.5. The largest absolute Gasteiger partial charge is 0.365 e. The van der Waals surface area contributed by atoms with Crippen molar-refractivity contribution in [2.24, 2.45) is 14.1 Å². The molecular formula is C80H143N23O2S2. The number of rotatable bonds is 0. The SMILES string of the molecule is CC.CC.CC.CC.CC.CC.CC.CC.CC.CC.CC.Cc1ccccn1.Cc1cccnc1.Cc1cccnn1.Cc1ccncc1.Cc1cnc[nH]1.Cc1cnoc1.Cc1cnsc1.Cc1ncccn1.Cc1ncn[nH]1.Cc1noc(C)n1.Cc1nsc(C)n1.Cn1ccnc1.Cn1cnnc1. The molecule has 0 atom stereocenters. The Morgan fingerprint density at radius 1 is 0.421 bits per heavy atom. The van der Waals surface area contributed by atoms with E-state index in [1.807, 2.05) is 326 Å². The summed E-state index contributed by atoms with van der Waals surface area (Å²) in [6, 6.07) is 19.3. The highest BCUT2D eigenvalue weighted by Gasteiger charge is 1.90. The first-order valence-electron chi connectivity index (χ1n) is 36.7. The lowest BCUT2D eigenvalue weighted by molar-refractivity contribution is 0.389. The van der Waals surface area contributed by atoms with Gasteiger partial charge in [0, 0.05) is 118 Å². The van der Waals surface area contributed by atoms with Crippen molar-refractivity contribution in [3.05, 3.63) is 258 Å². The van der Waals surface area contributed by atoms with E-state index >= 15 is 0 Å². The van der Waals surface area contributed by atoms with Gasteiger partial charge in [-0.2, -0.15) is 24.7 Å². The van der Waals surface area contributed by atoms with Crippen LogP contribution in [0, 0.1) is 90.0 Å². The highest BCUT2D eigenvalue weighted by Crippen LogP contribution is 1.99. The van der Waals surface area contributed by atoms with Crippen molar-refractivity contribution in [3.63, 3.8) is 0 Å². The molecule has 107 heavy (non-hydrogen) atoms. The van der Waals surface area contributed by atoms with Crippen LogP contribution in [0.5, 0.6) is 0 Å². The molecule has 0 bridgehead atoms. The van der Waals surface area contributed by atoms with Gasteiger partial charge in [-0.25, -0.2) is 34.3 Å². The molecule has 0 saturated heterocycles. The average Bonchev–Trinajstić information content (AvgIpc) is 1.85. The molecule has 13 heterocycles. The number of nitrogens with one attached hydrogen (secondary N) is 2. The molecule has 0 aromatic carbocycles. The van der Waals surface area contributed by atoms with E-state index in [-0.39, 0.29) is 0 Å². The molecular weight excluding hydrogens is 1380 g/mol. The van der Waals surface area contributed by atoms with Gasteiger partial charge in [-0.1, -0.05) is 175 Å². The predicted octanol–water partition coefficient (Wildman–Crippen LogP) is 22.4. The van der Waals surface area contributed by atoms with Crippen LogP contribution in [0.2, 0.25) is 0 Å². The van der Waals surface area contributed by atoms with Crippen LogP contribution in [0.25, 0.3) is 0 Å². The molecule has 13 aromatic heterocycles. The molecule has 0 unspecified atom stereocenters. The number of hydrogen-bond acceptors (Lipinski definition) is 23. The lowest BCUT2D eigenvalue weighted by Gasteiger charge is -1.82. The fourth-order valence-corrected chi connectivity index (χ4v) is 5.55. The zero-order chi connectivity index (χ0) is 84.6. The van der Waals surface area contributed by atoms with Gasteiger partial charge in [0.25, 0.3) is 0 Å². The molecule has 13 aromatic rings. The molecule has 0 radical (unpaired) electrons. The second-order valence-corrected chi connectivity index (χ2v) is 18.6. The fraction of sp³-hybridized carbons (Fsp3) is 0.463. The zero-order valence-corrected chi connectivity index (χ0v) is 74.5. The van der Waals surface area contributed by atoms with Crippen LogP contribution in [-0.4, -0.2) is 114 Å². The van der Waals surface area contributed by atoms with E-state index in [2.05, 4.69) is 114 Å². The van der Waals surface area contributed by atoms with Crippen LogP contribution in [-0.2, 0) is 14.1 Å².